The molecule has 0 aromatic carbocycles. The van der Waals surface area contributed by atoms with E-state index < -0.39 is 6.72 Å². The zero-order valence-electron chi connectivity index (χ0n) is 5.53. The lowest BCUT2D eigenvalue weighted by Crippen LogP contribution is -2.03. The van der Waals surface area contributed by atoms with E-state index in [2.05, 4.69) is 17.1 Å². The van der Waals surface area contributed by atoms with Crippen molar-refractivity contribution >= 4 is 18.5 Å². The average molecular weight is 185 g/mol. The van der Waals surface area contributed by atoms with Crippen molar-refractivity contribution in [3.8, 4) is 0 Å². The highest BCUT2D eigenvalue weighted by molar-refractivity contribution is 8.06. The second-order valence-electron chi connectivity index (χ2n) is 1.97. The van der Waals surface area contributed by atoms with Crippen molar-refractivity contribution in [3.05, 3.63) is 0 Å². The predicted octanol–water partition coefficient (Wildman–Crippen LogP) is -0.442. The number of hydrogen-bond acceptors (Lipinski definition) is 2. The second-order valence-corrected chi connectivity index (χ2v) is 4.47. The summed E-state index contributed by atoms with van der Waals surface area (Å²) in [5, 5.41) is 3.22. The minimum Gasteiger partial charge on any atom is -0.325 e. The maximum atomic E-state index is 7.56. The molecule has 0 saturated carbocycles. The molecular weight excluding hydrogens is 173 g/mol. The van der Waals surface area contributed by atoms with E-state index in [-0.39, 0.29) is 0 Å². The van der Waals surface area contributed by atoms with E-state index in [0.29, 0.717) is 0 Å². The van der Waals surface area contributed by atoms with Crippen LogP contribution in [0.4, 0.5) is 0 Å². The second kappa shape index (κ2) is 5.18. The van der Waals surface area contributed by atoms with Gasteiger partial charge in [-0.25, -0.2) is 0 Å². The van der Waals surface area contributed by atoms with Gasteiger partial charge in [-0.3, -0.25) is 0 Å². The Morgan fingerprint density at radius 3 is 1.50 bits per heavy atom. The van der Waals surface area contributed by atoms with E-state index in [0.717, 1.165) is 0 Å². The van der Waals surface area contributed by atoms with Crippen molar-refractivity contribution in [3.63, 3.8) is 0 Å². The van der Waals surface area contributed by atoms with Gasteiger partial charge in [-0.15, -0.1) is 0 Å². The molecule has 0 atom stereocenters. The molecule has 0 bridgehead atoms. The lowest BCUT2D eigenvalue weighted by molar-refractivity contribution is 0.363. The molecule has 4 nitrogen and oxygen atoms in total. The lowest BCUT2D eigenvalue weighted by atomic mass is 10.4. The van der Waals surface area contributed by atoms with Gasteiger partial charge >= 0.3 is 6.72 Å². The van der Waals surface area contributed by atoms with Gasteiger partial charge < -0.3 is 20.0 Å². The fraction of sp³-hybridized carbons (Fsp3) is 1.00. The van der Waals surface area contributed by atoms with Crippen LogP contribution in [0.2, 0.25) is 0 Å². The van der Waals surface area contributed by atoms with E-state index in [1.807, 2.05) is 0 Å². The van der Waals surface area contributed by atoms with Crippen LogP contribution in [0, 0.1) is 0 Å². The summed E-state index contributed by atoms with van der Waals surface area (Å²) < 4.78 is 0. The molecule has 0 aromatic heterocycles. The van der Waals surface area contributed by atoms with Crippen molar-refractivity contribution < 1.29 is 14.7 Å². The largest absolute Gasteiger partial charge is 0.325 e. The first kappa shape index (κ1) is 10.5. The molecule has 62 valence electrons. The van der Waals surface area contributed by atoms with Gasteiger partial charge in [0.15, 0.2) is 0 Å². The van der Waals surface area contributed by atoms with Crippen LogP contribution >= 0.6 is 6.72 Å². The zero-order chi connectivity index (χ0) is 8.04. The van der Waals surface area contributed by atoms with Crippen molar-refractivity contribution in [1.82, 2.24) is 5.32 Å². The molecule has 0 spiro atoms. The van der Waals surface area contributed by atoms with E-state index in [9.17, 15) is 0 Å². The summed E-state index contributed by atoms with van der Waals surface area (Å²) in [5.41, 5.74) is 0. The summed E-state index contributed by atoms with van der Waals surface area (Å²) in [7, 11) is 0. The molecule has 4 N–H and O–H groups in total. The zero-order valence-corrected chi connectivity index (χ0v) is 7.24. The first-order valence-electron chi connectivity index (χ1n) is 2.99. The quantitative estimate of drug-likeness (QED) is 0.385. The smallest absolute Gasteiger partial charge is 0.319 e. The molecule has 0 unspecified atom stereocenters. The Bertz CT molecular complexity index is 106. The number of hydrogen-bond donors (Lipinski definition) is 4. The molecule has 1 aliphatic heterocycles. The Labute approximate surface area is 65.1 Å². The van der Waals surface area contributed by atoms with E-state index in [1.165, 1.54) is 25.9 Å². The maximum Gasteiger partial charge on any atom is 0.319 e. The van der Waals surface area contributed by atoms with Gasteiger partial charge in [0.2, 0.25) is 0 Å². The van der Waals surface area contributed by atoms with Crippen LogP contribution < -0.4 is 5.32 Å². The minimum absolute atomic E-state index is 1.25. The molecule has 10 heavy (non-hydrogen) atoms. The fourth-order valence-electron chi connectivity index (χ4n) is 0.625. The molecule has 1 heterocycles. The fourth-order valence-corrected chi connectivity index (χ4v) is 0.625. The van der Waals surface area contributed by atoms with E-state index in [1.54, 1.807) is 0 Å². The highest BCUT2D eigenvalue weighted by Crippen LogP contribution is 2.26. The number of rotatable bonds is 0. The summed E-state index contributed by atoms with van der Waals surface area (Å²) in [6, 6.07) is 0. The SMILES string of the molecule is C1CCNC1.OP(O)(O)=S. The summed E-state index contributed by atoms with van der Waals surface area (Å²) in [6.07, 6.45) is 2.78. The van der Waals surface area contributed by atoms with Crippen molar-refractivity contribution in [2.24, 2.45) is 0 Å². The molecule has 0 aromatic rings. The summed E-state index contributed by atoms with van der Waals surface area (Å²) in [6.45, 7) is -1.31. The Hall–Kier alpha value is 0.490. The van der Waals surface area contributed by atoms with Gasteiger partial charge in [0, 0.05) is 0 Å². The van der Waals surface area contributed by atoms with E-state index >= 15 is 0 Å². The highest BCUT2D eigenvalue weighted by Gasteiger charge is 1.93. The van der Waals surface area contributed by atoms with Crippen LogP contribution in [0.5, 0.6) is 0 Å². The topological polar surface area (TPSA) is 72.7 Å². The monoisotopic (exact) mass is 185 g/mol. The molecule has 0 aliphatic carbocycles. The standard InChI is InChI=1S/C4H9N.H3O3PS/c1-2-4-5-3-1;1-4(2,3)5/h5H,1-4H2;(H3,1,2,3,5). The average Bonchev–Trinajstić information content (AvgIpc) is 2.07. The highest BCUT2D eigenvalue weighted by atomic mass is 32.5. The van der Waals surface area contributed by atoms with Gasteiger partial charge in [-0.1, -0.05) is 0 Å². The van der Waals surface area contributed by atoms with Crippen LogP contribution in [0.1, 0.15) is 12.8 Å². The molecule has 0 radical (unpaired) electrons. The Morgan fingerprint density at radius 1 is 1.10 bits per heavy atom. The molecule has 1 fully saturated rings. The molecule has 0 amide bonds. The Morgan fingerprint density at radius 2 is 1.40 bits per heavy atom. The van der Waals surface area contributed by atoms with Gasteiger partial charge in [0.05, 0.1) is 0 Å². The van der Waals surface area contributed by atoms with Crippen LogP contribution in [0.25, 0.3) is 0 Å². The van der Waals surface area contributed by atoms with Gasteiger partial charge in [-0.05, 0) is 37.7 Å². The lowest BCUT2D eigenvalue weighted by Gasteiger charge is -1.88. The maximum absolute atomic E-state index is 7.56. The Kier molecular flexibility index (Phi) is 5.44. The normalized spacial score (nSPS) is 17.9. The summed E-state index contributed by atoms with van der Waals surface area (Å²) >= 11 is 3.60. The third kappa shape index (κ3) is 15.8. The Balaban J connectivity index is 0.000000162. The summed E-state index contributed by atoms with van der Waals surface area (Å²) in [4.78, 5) is 22.7. The first-order chi connectivity index (χ1) is 4.50. The predicted molar refractivity (Wildman–Crippen MR) is 43.0 cm³/mol. The first-order valence-corrected chi connectivity index (χ1v) is 5.65. The van der Waals surface area contributed by atoms with Gasteiger partial charge in [0.1, 0.15) is 0 Å². The van der Waals surface area contributed by atoms with Crippen LogP contribution in [0.3, 0.4) is 0 Å². The molecule has 1 saturated heterocycles. The summed E-state index contributed by atoms with van der Waals surface area (Å²) in [5.74, 6) is 0. The molecule has 6 heteroatoms. The van der Waals surface area contributed by atoms with Crippen LogP contribution in [0.15, 0.2) is 0 Å². The van der Waals surface area contributed by atoms with Crippen molar-refractivity contribution in [2.75, 3.05) is 13.1 Å². The molecule has 1 aliphatic rings. The van der Waals surface area contributed by atoms with Gasteiger partial charge in [0.25, 0.3) is 0 Å². The molecular formula is C4H12NO3PS. The number of nitrogens with one attached hydrogen (secondary N) is 1. The van der Waals surface area contributed by atoms with Gasteiger partial charge in [-0.2, -0.15) is 0 Å². The van der Waals surface area contributed by atoms with Crippen LogP contribution in [-0.2, 0) is 11.8 Å². The third-order valence-electron chi connectivity index (χ3n) is 0.957. The van der Waals surface area contributed by atoms with Crippen molar-refractivity contribution in [1.29, 1.82) is 0 Å². The minimum atomic E-state index is -3.81. The van der Waals surface area contributed by atoms with Crippen molar-refractivity contribution in [2.45, 2.75) is 12.8 Å². The molecule has 1 rings (SSSR count). The van der Waals surface area contributed by atoms with E-state index in [4.69, 9.17) is 14.7 Å². The van der Waals surface area contributed by atoms with Crippen LogP contribution in [-0.4, -0.2) is 27.8 Å². The third-order valence-corrected chi connectivity index (χ3v) is 0.957.